The molecule has 0 aliphatic carbocycles. The van der Waals surface area contributed by atoms with Gasteiger partial charge in [0.2, 0.25) is 11.2 Å². The van der Waals surface area contributed by atoms with Crippen molar-refractivity contribution in [1.29, 1.82) is 0 Å². The van der Waals surface area contributed by atoms with Crippen molar-refractivity contribution in [3.8, 4) is 5.75 Å². The van der Waals surface area contributed by atoms with E-state index in [2.05, 4.69) is 15.2 Å². The molecule has 3 heterocycles. The first-order valence-corrected chi connectivity index (χ1v) is 12.6. The molecule has 13 heteroatoms. The summed E-state index contributed by atoms with van der Waals surface area (Å²) in [6, 6.07) is 7.01. The highest BCUT2D eigenvalue weighted by Gasteiger charge is 2.30. The van der Waals surface area contributed by atoms with E-state index in [0.29, 0.717) is 24.4 Å². The number of halogens is 6. The molecule has 0 spiro atoms. The number of aromatic nitrogens is 1. The van der Waals surface area contributed by atoms with Crippen LogP contribution in [-0.2, 0) is 12.7 Å². The van der Waals surface area contributed by atoms with Crippen molar-refractivity contribution in [3.63, 3.8) is 0 Å². The van der Waals surface area contributed by atoms with E-state index in [9.17, 15) is 18.0 Å². The Balaban J connectivity index is 0.00000241. The highest BCUT2D eigenvalue weighted by Crippen LogP contribution is 2.34. The number of alkyl halides is 3. The average molecular weight is 617 g/mol. The van der Waals surface area contributed by atoms with Crippen LogP contribution in [0.4, 0.5) is 13.2 Å². The minimum atomic E-state index is -4.38. The summed E-state index contributed by atoms with van der Waals surface area (Å²) in [4.78, 5) is 19.5. The smallest absolute Gasteiger partial charge is 0.416 e. The van der Waals surface area contributed by atoms with Gasteiger partial charge in [-0.2, -0.15) is 13.2 Å². The van der Waals surface area contributed by atoms with E-state index in [4.69, 9.17) is 9.15 Å². The third-order valence-corrected chi connectivity index (χ3v) is 6.93. The summed E-state index contributed by atoms with van der Waals surface area (Å²) in [6.07, 6.45) is 1.16. The third kappa shape index (κ3) is 9.81. The Morgan fingerprint density at radius 3 is 2.53 bits per heavy atom. The van der Waals surface area contributed by atoms with Gasteiger partial charge in [-0.15, -0.1) is 49.0 Å². The van der Waals surface area contributed by atoms with Crippen molar-refractivity contribution >= 4 is 59.9 Å². The first-order valence-electron chi connectivity index (χ1n) is 11.7. The van der Waals surface area contributed by atoms with E-state index >= 15 is 0 Å². The molecule has 0 radical (unpaired) electrons. The monoisotopic (exact) mass is 615 g/mol. The van der Waals surface area contributed by atoms with E-state index in [1.165, 1.54) is 18.4 Å². The number of hydrogen-bond donors (Lipinski definition) is 1. The van der Waals surface area contributed by atoms with Gasteiger partial charge in [0.25, 0.3) is 0 Å². The predicted molar refractivity (Wildman–Crippen MR) is 152 cm³/mol. The summed E-state index contributed by atoms with van der Waals surface area (Å²) in [5.74, 6) is 1.69. The van der Waals surface area contributed by atoms with Gasteiger partial charge in [0.15, 0.2) is 0 Å². The maximum absolute atomic E-state index is 12.9. The SMILES string of the molecule is Cl.Cl.Cl.O=c1cc(CN2CCNCC2)occ1OCCCCCSc1ccnc2cc(C(F)(F)F)ccc12. The van der Waals surface area contributed by atoms with Gasteiger partial charge in [-0.25, -0.2) is 0 Å². The van der Waals surface area contributed by atoms with Gasteiger partial charge in [0.1, 0.15) is 12.0 Å². The number of nitrogens with one attached hydrogen (secondary N) is 1. The average Bonchev–Trinajstić information content (AvgIpc) is 2.84. The van der Waals surface area contributed by atoms with Crippen LogP contribution in [0.25, 0.3) is 10.9 Å². The topological polar surface area (TPSA) is 67.6 Å². The third-order valence-electron chi connectivity index (χ3n) is 5.78. The normalized spacial score (nSPS) is 13.8. The molecule has 4 rings (SSSR count). The Hall–Kier alpha value is -1.69. The van der Waals surface area contributed by atoms with Crippen molar-refractivity contribution in [1.82, 2.24) is 15.2 Å². The van der Waals surface area contributed by atoms with Crippen LogP contribution in [0.15, 0.2) is 56.9 Å². The fourth-order valence-electron chi connectivity index (χ4n) is 3.89. The van der Waals surface area contributed by atoms with E-state index < -0.39 is 11.7 Å². The molecule has 0 saturated carbocycles. The zero-order valence-corrected chi connectivity index (χ0v) is 23.8. The summed E-state index contributed by atoms with van der Waals surface area (Å²) < 4.78 is 50.0. The molecule has 1 saturated heterocycles. The van der Waals surface area contributed by atoms with Crippen LogP contribution < -0.4 is 15.5 Å². The second-order valence-electron chi connectivity index (χ2n) is 8.40. The first-order chi connectivity index (χ1) is 16.9. The molecule has 6 nitrogen and oxygen atoms in total. The number of piperazine rings is 1. The Bertz CT molecular complexity index is 1190. The molecular formula is C25H31Cl3F3N3O3S. The molecule has 2 aromatic heterocycles. The van der Waals surface area contributed by atoms with Crippen LogP contribution in [0, 0.1) is 0 Å². The molecule has 0 amide bonds. The Labute approximate surface area is 242 Å². The lowest BCUT2D eigenvalue weighted by Crippen LogP contribution is -2.42. The van der Waals surface area contributed by atoms with E-state index in [1.54, 1.807) is 18.0 Å². The van der Waals surface area contributed by atoms with E-state index in [-0.39, 0.29) is 48.4 Å². The van der Waals surface area contributed by atoms with Crippen molar-refractivity contribution < 1.29 is 22.3 Å². The first kappa shape index (κ1) is 34.3. The number of ether oxygens (including phenoxy) is 1. The Morgan fingerprint density at radius 1 is 1.05 bits per heavy atom. The number of rotatable bonds is 10. The van der Waals surface area contributed by atoms with Crippen LogP contribution in [0.1, 0.15) is 30.6 Å². The lowest BCUT2D eigenvalue weighted by atomic mass is 10.1. The second kappa shape index (κ2) is 16.4. The molecule has 0 bridgehead atoms. The van der Waals surface area contributed by atoms with E-state index in [0.717, 1.165) is 73.6 Å². The maximum Gasteiger partial charge on any atom is 0.416 e. The molecule has 1 fully saturated rings. The van der Waals surface area contributed by atoms with Crippen LogP contribution in [0.2, 0.25) is 0 Å². The molecule has 1 aliphatic heterocycles. The predicted octanol–water partition coefficient (Wildman–Crippen LogP) is 6.22. The van der Waals surface area contributed by atoms with Crippen molar-refractivity contribution in [2.45, 2.75) is 36.9 Å². The van der Waals surface area contributed by atoms with Crippen molar-refractivity contribution in [2.75, 3.05) is 38.5 Å². The second-order valence-corrected chi connectivity index (χ2v) is 9.53. The minimum Gasteiger partial charge on any atom is -0.487 e. The highest BCUT2D eigenvalue weighted by atomic mass is 35.5. The zero-order chi connectivity index (χ0) is 24.7. The van der Waals surface area contributed by atoms with E-state index in [1.807, 2.05) is 6.07 Å². The van der Waals surface area contributed by atoms with Gasteiger partial charge in [0.05, 0.1) is 24.2 Å². The fourth-order valence-corrected chi connectivity index (χ4v) is 4.94. The van der Waals surface area contributed by atoms with Gasteiger partial charge in [-0.1, -0.05) is 6.07 Å². The molecule has 1 N–H and O–H groups in total. The fraction of sp³-hybridized carbons (Fsp3) is 0.440. The lowest BCUT2D eigenvalue weighted by molar-refractivity contribution is -0.137. The van der Waals surface area contributed by atoms with Crippen molar-refractivity contribution in [3.05, 3.63) is 64.3 Å². The van der Waals surface area contributed by atoms with Gasteiger partial charge in [-0.05, 0) is 43.2 Å². The number of fused-ring (bicyclic) bond motifs is 1. The van der Waals surface area contributed by atoms with Gasteiger partial charge < -0.3 is 14.5 Å². The Kier molecular flexibility index (Phi) is 14.8. The quantitative estimate of drug-likeness (QED) is 0.214. The largest absolute Gasteiger partial charge is 0.487 e. The van der Waals surface area contributed by atoms with Crippen LogP contribution in [0.5, 0.6) is 5.75 Å². The van der Waals surface area contributed by atoms with Crippen molar-refractivity contribution in [2.24, 2.45) is 0 Å². The van der Waals surface area contributed by atoms with Gasteiger partial charge >= 0.3 is 6.18 Å². The summed E-state index contributed by atoms with van der Waals surface area (Å²) in [5, 5.41) is 4.01. The molecule has 1 aliphatic rings. The molecule has 0 unspecified atom stereocenters. The number of nitrogens with zero attached hydrogens (tertiary/aromatic N) is 2. The maximum atomic E-state index is 12.9. The summed E-state index contributed by atoms with van der Waals surface area (Å²) in [5.41, 5.74) is -0.519. The number of benzene rings is 1. The molecule has 212 valence electrons. The zero-order valence-electron chi connectivity index (χ0n) is 20.5. The molecular weight excluding hydrogens is 586 g/mol. The minimum absolute atomic E-state index is 0. The summed E-state index contributed by atoms with van der Waals surface area (Å²) in [6.45, 7) is 4.76. The molecule has 0 atom stereocenters. The van der Waals surface area contributed by atoms with Crippen LogP contribution in [0.3, 0.4) is 0 Å². The number of unbranched alkanes of at least 4 members (excludes halogenated alkanes) is 2. The standard InChI is InChI=1S/C25H28F3N3O3S.3ClH/c26-25(27,28)18-4-5-20-21(14-18)30-7-6-24(20)35-13-3-1-2-12-33-23-17-34-19(15-22(23)32)16-31-10-8-29-9-11-31;;;/h4-7,14-15,17,29H,1-3,8-13,16H2;3*1H. The highest BCUT2D eigenvalue weighted by molar-refractivity contribution is 7.99. The summed E-state index contributed by atoms with van der Waals surface area (Å²) >= 11 is 1.60. The number of thioether (sulfide) groups is 1. The number of pyridine rings is 1. The molecule has 38 heavy (non-hydrogen) atoms. The number of hydrogen-bond acceptors (Lipinski definition) is 7. The van der Waals surface area contributed by atoms with Crippen LogP contribution in [-0.4, -0.2) is 48.4 Å². The summed E-state index contributed by atoms with van der Waals surface area (Å²) in [7, 11) is 0. The Morgan fingerprint density at radius 2 is 1.82 bits per heavy atom. The lowest BCUT2D eigenvalue weighted by Gasteiger charge is -2.26. The van der Waals surface area contributed by atoms with Gasteiger partial charge in [0, 0.05) is 48.7 Å². The van der Waals surface area contributed by atoms with Crippen LogP contribution >= 0.6 is 49.0 Å². The molecule has 3 aromatic rings. The molecule has 1 aromatic carbocycles. The van der Waals surface area contributed by atoms with Gasteiger partial charge in [-0.3, -0.25) is 14.7 Å².